The molecule has 0 atom stereocenters. The van der Waals surface area contributed by atoms with Crippen LogP contribution in [0.1, 0.15) is 40.9 Å². The van der Waals surface area contributed by atoms with Crippen molar-refractivity contribution in [3.05, 3.63) is 95.1 Å². The summed E-state index contributed by atoms with van der Waals surface area (Å²) in [5, 5.41) is 0. The van der Waals surface area contributed by atoms with Gasteiger partial charge < -0.3 is 14.5 Å². The molecule has 0 saturated heterocycles. The Kier molecular flexibility index (Phi) is 9.83. The molecule has 0 aliphatic rings. The van der Waals surface area contributed by atoms with E-state index in [2.05, 4.69) is 48.8 Å². The molecule has 4 heteroatoms. The summed E-state index contributed by atoms with van der Waals surface area (Å²) in [6, 6.07) is 22.4. The first-order valence-electron chi connectivity index (χ1n) is 12.4. The second-order valence-corrected chi connectivity index (χ2v) is 9.04. The number of benzene rings is 3. The largest absolute Gasteiger partial charge is 0.491 e. The zero-order valence-corrected chi connectivity index (χ0v) is 21.8. The Balaban J connectivity index is 1.92. The maximum Gasteiger partial charge on any atom is 0.189 e. The van der Waals surface area contributed by atoms with Crippen molar-refractivity contribution in [3.8, 4) is 16.9 Å². The van der Waals surface area contributed by atoms with E-state index in [-0.39, 0.29) is 5.78 Å². The number of nitrogens with zero attached hydrogens (tertiary/aromatic N) is 2. The smallest absolute Gasteiger partial charge is 0.189 e. The normalized spacial score (nSPS) is 11.5. The van der Waals surface area contributed by atoms with Gasteiger partial charge in [-0.1, -0.05) is 74.5 Å². The van der Waals surface area contributed by atoms with Crippen molar-refractivity contribution in [2.75, 3.05) is 40.3 Å². The van der Waals surface area contributed by atoms with Crippen molar-refractivity contribution in [2.45, 2.75) is 27.3 Å². The van der Waals surface area contributed by atoms with E-state index in [0.29, 0.717) is 17.9 Å². The molecule has 0 fully saturated rings. The van der Waals surface area contributed by atoms with Gasteiger partial charge in [-0.15, -0.1) is 0 Å². The molecule has 3 aromatic rings. The number of carbonyl (C=O) groups excluding carboxylic acids is 1. The van der Waals surface area contributed by atoms with Crippen molar-refractivity contribution in [2.24, 2.45) is 0 Å². The summed E-state index contributed by atoms with van der Waals surface area (Å²) in [6.07, 6.45) is 3.59. The van der Waals surface area contributed by atoms with Crippen molar-refractivity contribution < 1.29 is 9.53 Å². The summed E-state index contributed by atoms with van der Waals surface area (Å²) in [6.45, 7) is 10.5. The van der Waals surface area contributed by atoms with Gasteiger partial charge in [0.1, 0.15) is 12.4 Å². The third-order valence-corrected chi connectivity index (χ3v) is 6.22. The lowest BCUT2D eigenvalue weighted by atomic mass is 9.96. The van der Waals surface area contributed by atoms with Gasteiger partial charge in [0.2, 0.25) is 0 Å². The Labute approximate surface area is 210 Å². The van der Waals surface area contributed by atoms with E-state index < -0.39 is 0 Å². The lowest BCUT2D eigenvalue weighted by molar-refractivity contribution is 0.104. The minimum Gasteiger partial charge on any atom is -0.491 e. The van der Waals surface area contributed by atoms with Gasteiger partial charge in [-0.3, -0.25) is 4.79 Å². The number of likely N-dealkylation sites (N-methyl/N-ethyl adjacent to an activating group) is 1. The van der Waals surface area contributed by atoms with Gasteiger partial charge in [-0.2, -0.15) is 0 Å². The van der Waals surface area contributed by atoms with Gasteiger partial charge in [0.05, 0.1) is 5.56 Å². The second-order valence-electron chi connectivity index (χ2n) is 9.04. The molecular formula is C31H38N2O2. The number of carbonyl (C=O) groups is 1. The predicted octanol–water partition coefficient (Wildman–Crippen LogP) is 6.34. The van der Waals surface area contributed by atoms with Crippen LogP contribution in [0.15, 0.2) is 72.8 Å². The lowest BCUT2D eigenvalue weighted by Crippen LogP contribution is -2.28. The number of ether oxygens (including phenoxy) is 1. The molecule has 0 saturated carbocycles. The molecule has 184 valence electrons. The van der Waals surface area contributed by atoms with Crippen molar-refractivity contribution in [3.63, 3.8) is 0 Å². The molecule has 3 aromatic carbocycles. The summed E-state index contributed by atoms with van der Waals surface area (Å²) in [7, 11) is 4.09. The fraction of sp³-hybridized carbons (Fsp3) is 0.323. The number of rotatable bonds is 12. The third kappa shape index (κ3) is 7.38. The minimum atomic E-state index is -0.0575. The Bertz CT molecular complexity index is 1150. The van der Waals surface area contributed by atoms with Crippen LogP contribution < -0.4 is 4.74 Å². The summed E-state index contributed by atoms with van der Waals surface area (Å²) < 4.78 is 6.14. The monoisotopic (exact) mass is 470 g/mol. The highest BCUT2D eigenvalue weighted by atomic mass is 16.5. The molecule has 4 nitrogen and oxygen atoms in total. The number of aryl methyl sites for hydroxylation is 1. The molecule has 0 amide bonds. The van der Waals surface area contributed by atoms with Crippen LogP contribution in [-0.4, -0.2) is 55.9 Å². The van der Waals surface area contributed by atoms with Crippen LogP contribution in [0.25, 0.3) is 17.2 Å². The van der Waals surface area contributed by atoms with Gasteiger partial charge in [0.15, 0.2) is 5.78 Å². The molecule has 0 heterocycles. The first kappa shape index (κ1) is 26.4. The molecule has 3 rings (SSSR count). The summed E-state index contributed by atoms with van der Waals surface area (Å²) in [5.41, 5.74) is 6.14. The van der Waals surface area contributed by atoms with Crippen LogP contribution in [0, 0.1) is 6.92 Å². The van der Waals surface area contributed by atoms with E-state index in [1.165, 1.54) is 11.1 Å². The number of hydrogen-bond acceptors (Lipinski definition) is 4. The summed E-state index contributed by atoms with van der Waals surface area (Å²) in [4.78, 5) is 17.9. The number of ketones is 1. The lowest BCUT2D eigenvalue weighted by Gasteiger charge is -2.19. The van der Waals surface area contributed by atoms with Crippen molar-refractivity contribution in [1.82, 2.24) is 9.80 Å². The van der Waals surface area contributed by atoms with Gasteiger partial charge in [-0.25, -0.2) is 0 Å². The highest BCUT2D eigenvalue weighted by Crippen LogP contribution is 2.29. The topological polar surface area (TPSA) is 32.8 Å². The van der Waals surface area contributed by atoms with Crippen LogP contribution in [0.2, 0.25) is 0 Å². The zero-order valence-electron chi connectivity index (χ0n) is 21.8. The quantitative estimate of drug-likeness (QED) is 0.228. The van der Waals surface area contributed by atoms with Crippen LogP contribution in [0.5, 0.6) is 5.75 Å². The molecule has 35 heavy (non-hydrogen) atoms. The number of hydrogen-bond donors (Lipinski definition) is 0. The molecule has 0 radical (unpaired) electrons. The van der Waals surface area contributed by atoms with Crippen LogP contribution in [0.4, 0.5) is 0 Å². The van der Waals surface area contributed by atoms with Gasteiger partial charge in [0.25, 0.3) is 0 Å². The van der Waals surface area contributed by atoms with Crippen molar-refractivity contribution >= 4 is 11.9 Å². The molecule has 0 aromatic heterocycles. The molecular weight excluding hydrogens is 432 g/mol. The summed E-state index contributed by atoms with van der Waals surface area (Å²) >= 11 is 0. The van der Waals surface area contributed by atoms with E-state index in [0.717, 1.165) is 42.9 Å². The average molecular weight is 471 g/mol. The third-order valence-electron chi connectivity index (χ3n) is 6.22. The Morgan fingerprint density at radius 3 is 2.37 bits per heavy atom. The van der Waals surface area contributed by atoms with E-state index in [9.17, 15) is 4.79 Å². The van der Waals surface area contributed by atoms with E-state index in [4.69, 9.17) is 4.74 Å². The maximum absolute atomic E-state index is 13.5. The second kappa shape index (κ2) is 13.0. The van der Waals surface area contributed by atoms with Crippen LogP contribution >= 0.6 is 0 Å². The standard InChI is InChI=1S/C31H38N2O2/c1-6-33(7-2)20-21-35-31-19-17-26(28-15-11-8-12-24(28)3)22-29(31)30(34)18-16-25-13-9-10-14-27(25)23-32(4)5/h8-19,22H,6-7,20-21,23H2,1-5H3. The molecule has 0 aliphatic heterocycles. The Morgan fingerprint density at radius 1 is 0.943 bits per heavy atom. The minimum absolute atomic E-state index is 0.0575. The van der Waals surface area contributed by atoms with E-state index in [1.54, 1.807) is 6.08 Å². The molecule has 0 spiro atoms. The van der Waals surface area contributed by atoms with Gasteiger partial charge in [0, 0.05) is 13.1 Å². The first-order valence-corrected chi connectivity index (χ1v) is 12.4. The average Bonchev–Trinajstić information content (AvgIpc) is 2.86. The van der Waals surface area contributed by atoms with Gasteiger partial charge in [-0.05, 0) is 80.1 Å². The van der Waals surface area contributed by atoms with Crippen LogP contribution in [-0.2, 0) is 6.54 Å². The molecule has 0 unspecified atom stereocenters. The van der Waals surface area contributed by atoms with Crippen LogP contribution in [0.3, 0.4) is 0 Å². The van der Waals surface area contributed by atoms with E-state index in [1.807, 2.05) is 68.7 Å². The van der Waals surface area contributed by atoms with Gasteiger partial charge >= 0.3 is 0 Å². The maximum atomic E-state index is 13.5. The van der Waals surface area contributed by atoms with E-state index >= 15 is 0 Å². The molecule has 0 bridgehead atoms. The first-order chi connectivity index (χ1) is 16.9. The van der Waals surface area contributed by atoms with Crippen molar-refractivity contribution in [1.29, 1.82) is 0 Å². The Morgan fingerprint density at radius 2 is 1.66 bits per heavy atom. The molecule has 0 N–H and O–H groups in total. The predicted molar refractivity (Wildman–Crippen MR) is 147 cm³/mol. The molecule has 0 aliphatic carbocycles. The highest BCUT2D eigenvalue weighted by molar-refractivity contribution is 6.09. The SMILES string of the molecule is CCN(CC)CCOc1ccc(-c2ccccc2C)cc1C(=O)C=Cc1ccccc1CN(C)C. The fourth-order valence-corrected chi connectivity index (χ4v) is 4.17. The summed E-state index contributed by atoms with van der Waals surface area (Å²) in [5.74, 6) is 0.573. The zero-order chi connectivity index (χ0) is 25.2. The fourth-order valence-electron chi connectivity index (χ4n) is 4.17. The number of allylic oxidation sites excluding steroid dienone is 1. The Hall–Kier alpha value is -3.21. The highest BCUT2D eigenvalue weighted by Gasteiger charge is 2.14.